The molecule has 1 aromatic rings. The van der Waals surface area contributed by atoms with Crippen LogP contribution in [0.2, 0.25) is 0 Å². The molecule has 2 amide bonds. The first-order valence-corrected chi connectivity index (χ1v) is 9.95. The highest BCUT2D eigenvalue weighted by atomic mass is 79.9. The van der Waals surface area contributed by atoms with Gasteiger partial charge in [-0.3, -0.25) is 9.59 Å². The minimum absolute atomic E-state index is 0. The number of halogens is 2. The highest BCUT2D eigenvalue weighted by molar-refractivity contribution is 9.10. The number of aromatic nitrogens is 1. The van der Waals surface area contributed by atoms with Crippen LogP contribution in [-0.4, -0.2) is 16.8 Å². The third kappa shape index (κ3) is 5.04. The van der Waals surface area contributed by atoms with Crippen LogP contribution in [0, 0.1) is 11.8 Å². The molecule has 2 fully saturated rings. The molecule has 0 unspecified atom stereocenters. The number of anilines is 1. The number of nitrogens with zero attached hydrogens (tertiary/aromatic N) is 2. The van der Waals surface area contributed by atoms with Gasteiger partial charge < -0.3 is 0 Å². The van der Waals surface area contributed by atoms with Gasteiger partial charge in [-0.15, -0.1) is 12.4 Å². The van der Waals surface area contributed by atoms with Gasteiger partial charge in [0.15, 0.2) is 0 Å². The van der Waals surface area contributed by atoms with E-state index in [1.807, 2.05) is 6.07 Å². The number of imide groups is 1. The van der Waals surface area contributed by atoms with Crippen LogP contribution in [0.4, 0.5) is 5.82 Å². The Bertz CT molecular complexity index is 552. The molecule has 2 saturated carbocycles. The molecule has 1 heterocycles. The van der Waals surface area contributed by atoms with E-state index in [0.29, 0.717) is 5.82 Å². The Kier molecular flexibility index (Phi) is 7.88. The normalized spacial score (nSPS) is 19.1. The lowest BCUT2D eigenvalue weighted by atomic mass is 9.86. The second-order valence-corrected chi connectivity index (χ2v) is 7.93. The Morgan fingerprint density at radius 1 is 0.880 bits per heavy atom. The van der Waals surface area contributed by atoms with E-state index >= 15 is 0 Å². The Morgan fingerprint density at radius 2 is 1.36 bits per heavy atom. The first-order valence-electron chi connectivity index (χ1n) is 9.16. The number of rotatable bonds is 3. The summed E-state index contributed by atoms with van der Waals surface area (Å²) in [6, 6.07) is 3.61. The van der Waals surface area contributed by atoms with E-state index in [4.69, 9.17) is 0 Å². The second-order valence-electron chi connectivity index (χ2n) is 7.02. The number of amides is 2. The summed E-state index contributed by atoms with van der Waals surface area (Å²) in [5, 5.41) is 0. The predicted molar refractivity (Wildman–Crippen MR) is 105 cm³/mol. The number of carbonyl (C=O) groups is 2. The molecule has 3 rings (SSSR count). The number of hydrogen-bond acceptors (Lipinski definition) is 3. The molecular weight excluding hydrogens is 404 g/mol. The average Bonchev–Trinajstić information content (AvgIpc) is 2.64. The van der Waals surface area contributed by atoms with Gasteiger partial charge in [-0.25, -0.2) is 9.88 Å². The lowest BCUT2D eigenvalue weighted by Gasteiger charge is -2.31. The van der Waals surface area contributed by atoms with Crippen LogP contribution in [0.5, 0.6) is 0 Å². The first kappa shape index (κ1) is 20.4. The molecule has 0 aromatic carbocycles. The molecule has 0 N–H and O–H groups in total. The van der Waals surface area contributed by atoms with Gasteiger partial charge in [0.05, 0.1) is 0 Å². The van der Waals surface area contributed by atoms with Crippen LogP contribution in [0.3, 0.4) is 0 Å². The molecule has 0 atom stereocenters. The summed E-state index contributed by atoms with van der Waals surface area (Å²) in [5.74, 6) is 0.331. The fourth-order valence-electron chi connectivity index (χ4n) is 3.90. The molecule has 0 radical (unpaired) electrons. The average molecular weight is 430 g/mol. The van der Waals surface area contributed by atoms with Crippen molar-refractivity contribution in [3.05, 3.63) is 22.8 Å². The minimum atomic E-state index is -0.0416. The lowest BCUT2D eigenvalue weighted by Crippen LogP contribution is -2.45. The van der Waals surface area contributed by atoms with Crippen molar-refractivity contribution in [3.8, 4) is 0 Å². The molecule has 0 spiro atoms. The zero-order chi connectivity index (χ0) is 16.9. The van der Waals surface area contributed by atoms with Gasteiger partial charge in [0.2, 0.25) is 11.8 Å². The van der Waals surface area contributed by atoms with E-state index in [2.05, 4.69) is 20.9 Å². The maximum Gasteiger partial charge on any atom is 0.238 e. The van der Waals surface area contributed by atoms with E-state index in [0.717, 1.165) is 55.8 Å². The highest BCUT2D eigenvalue weighted by Crippen LogP contribution is 2.31. The first-order chi connectivity index (χ1) is 11.7. The fraction of sp³-hybridized carbons (Fsp3) is 0.632. The van der Waals surface area contributed by atoms with Gasteiger partial charge in [0.25, 0.3) is 0 Å². The van der Waals surface area contributed by atoms with Crippen LogP contribution >= 0.6 is 28.3 Å². The van der Waals surface area contributed by atoms with E-state index in [1.165, 1.54) is 17.7 Å². The zero-order valence-corrected chi connectivity index (χ0v) is 16.9. The molecule has 0 bridgehead atoms. The minimum Gasteiger partial charge on any atom is -0.274 e. The van der Waals surface area contributed by atoms with Crippen LogP contribution in [0.1, 0.15) is 64.2 Å². The van der Waals surface area contributed by atoms with Gasteiger partial charge in [-0.1, -0.05) is 38.5 Å². The second kappa shape index (κ2) is 9.67. The third-order valence-electron chi connectivity index (χ3n) is 5.29. The van der Waals surface area contributed by atoms with Crippen LogP contribution in [-0.2, 0) is 9.59 Å². The molecule has 0 saturated heterocycles. The summed E-state index contributed by atoms with van der Waals surface area (Å²) in [4.78, 5) is 32.0. The molecule has 6 heteroatoms. The zero-order valence-electron chi connectivity index (χ0n) is 14.5. The van der Waals surface area contributed by atoms with Crippen molar-refractivity contribution < 1.29 is 9.59 Å². The largest absolute Gasteiger partial charge is 0.274 e. The van der Waals surface area contributed by atoms with E-state index in [-0.39, 0.29) is 36.1 Å². The van der Waals surface area contributed by atoms with Gasteiger partial charge >= 0.3 is 0 Å². The molecule has 0 aliphatic heterocycles. The van der Waals surface area contributed by atoms with Crippen molar-refractivity contribution in [2.45, 2.75) is 64.2 Å². The quantitative estimate of drug-likeness (QED) is 0.614. The van der Waals surface area contributed by atoms with E-state index in [1.54, 1.807) is 12.3 Å². The molecule has 138 valence electrons. The van der Waals surface area contributed by atoms with Crippen LogP contribution in [0.25, 0.3) is 0 Å². The Morgan fingerprint density at radius 3 is 1.76 bits per heavy atom. The Balaban J connectivity index is 0.00000225. The van der Waals surface area contributed by atoms with Crippen molar-refractivity contribution in [2.75, 3.05) is 4.90 Å². The molecule has 1 aromatic heterocycles. The summed E-state index contributed by atoms with van der Waals surface area (Å²) in [6.45, 7) is 0. The maximum atomic E-state index is 13.1. The number of pyridine rings is 1. The van der Waals surface area contributed by atoms with Gasteiger partial charge in [-0.05, 0) is 53.7 Å². The highest BCUT2D eigenvalue weighted by Gasteiger charge is 2.35. The van der Waals surface area contributed by atoms with E-state index in [9.17, 15) is 9.59 Å². The summed E-state index contributed by atoms with van der Waals surface area (Å²) in [6.07, 6.45) is 11.9. The van der Waals surface area contributed by atoms with Gasteiger partial charge in [0.1, 0.15) is 5.82 Å². The predicted octanol–water partition coefficient (Wildman–Crippen LogP) is 5.29. The van der Waals surface area contributed by atoms with Crippen molar-refractivity contribution in [1.29, 1.82) is 0 Å². The summed E-state index contributed by atoms with van der Waals surface area (Å²) in [7, 11) is 0. The monoisotopic (exact) mass is 428 g/mol. The number of carbonyl (C=O) groups excluding carboxylic acids is 2. The summed E-state index contributed by atoms with van der Waals surface area (Å²) in [5.41, 5.74) is 0. The maximum absolute atomic E-state index is 13.1. The third-order valence-corrected chi connectivity index (χ3v) is 5.76. The standard InChI is InChI=1S/C19H25BrN2O2.ClH/c20-16-11-12-17(21-13-16)22(18(23)14-7-3-1-4-8-14)19(24)15-9-5-2-6-10-15;/h11-15H,1-10H2;1H. The lowest BCUT2D eigenvalue weighted by molar-refractivity contribution is -0.131. The fourth-order valence-corrected chi connectivity index (χ4v) is 4.13. The topological polar surface area (TPSA) is 50.3 Å². The van der Waals surface area contributed by atoms with Crippen molar-refractivity contribution >= 4 is 46.0 Å². The molecular formula is C19H26BrClN2O2. The van der Waals surface area contributed by atoms with Gasteiger partial charge in [-0.2, -0.15) is 0 Å². The Labute approximate surface area is 164 Å². The van der Waals surface area contributed by atoms with Crippen LogP contribution in [0.15, 0.2) is 22.8 Å². The van der Waals surface area contributed by atoms with Gasteiger partial charge in [0, 0.05) is 22.5 Å². The molecule has 25 heavy (non-hydrogen) atoms. The van der Waals surface area contributed by atoms with Crippen molar-refractivity contribution in [2.24, 2.45) is 11.8 Å². The summed E-state index contributed by atoms with van der Waals surface area (Å²) < 4.78 is 0.849. The summed E-state index contributed by atoms with van der Waals surface area (Å²) >= 11 is 3.37. The number of hydrogen-bond donors (Lipinski definition) is 0. The molecule has 2 aliphatic carbocycles. The van der Waals surface area contributed by atoms with Crippen LogP contribution < -0.4 is 4.90 Å². The molecule has 2 aliphatic rings. The smallest absolute Gasteiger partial charge is 0.238 e. The van der Waals surface area contributed by atoms with Crippen molar-refractivity contribution in [3.63, 3.8) is 0 Å². The Hall–Kier alpha value is -0.940. The SMILES string of the molecule is Cl.O=C(C1CCCCC1)N(C(=O)C1CCCCC1)c1ccc(Br)cn1. The van der Waals surface area contributed by atoms with Crippen molar-refractivity contribution in [1.82, 2.24) is 4.98 Å². The van der Waals surface area contributed by atoms with E-state index < -0.39 is 0 Å². The molecule has 4 nitrogen and oxygen atoms in total.